The fourth-order valence-electron chi connectivity index (χ4n) is 3.26. The van der Waals surface area contributed by atoms with Crippen molar-refractivity contribution in [3.05, 3.63) is 53.1 Å². The molecule has 1 aromatic heterocycles. The molecule has 4 rings (SSSR count). The molecule has 3 aromatic rings. The Hall–Kier alpha value is -3.13. The van der Waals surface area contributed by atoms with Crippen molar-refractivity contribution in [1.82, 2.24) is 10.1 Å². The number of rotatable bonds is 5. The van der Waals surface area contributed by atoms with Crippen LogP contribution < -0.4 is 14.4 Å². The van der Waals surface area contributed by atoms with Gasteiger partial charge in [0.15, 0.2) is 11.6 Å². The van der Waals surface area contributed by atoms with Crippen LogP contribution in [-0.2, 0) is 4.79 Å². The first-order chi connectivity index (χ1) is 14.0. The second-order valence-corrected chi connectivity index (χ2v) is 6.94. The van der Waals surface area contributed by atoms with Crippen LogP contribution in [0, 0.1) is 5.82 Å². The summed E-state index contributed by atoms with van der Waals surface area (Å²) in [7, 11) is 3.09. The van der Waals surface area contributed by atoms with Gasteiger partial charge in [-0.15, -0.1) is 0 Å². The van der Waals surface area contributed by atoms with E-state index in [4.69, 9.17) is 25.6 Å². The largest absolute Gasteiger partial charge is 0.497 e. The molecule has 0 saturated carbocycles. The molecule has 0 radical (unpaired) electrons. The zero-order valence-corrected chi connectivity index (χ0v) is 16.4. The number of aromatic nitrogens is 2. The molecule has 0 aliphatic carbocycles. The molecule has 1 aliphatic heterocycles. The maximum atomic E-state index is 14.3. The lowest BCUT2D eigenvalue weighted by atomic mass is 10.1. The third-order valence-electron chi connectivity index (χ3n) is 4.75. The van der Waals surface area contributed by atoms with Gasteiger partial charge in [-0.3, -0.25) is 4.79 Å². The van der Waals surface area contributed by atoms with Gasteiger partial charge >= 0.3 is 0 Å². The summed E-state index contributed by atoms with van der Waals surface area (Å²) in [6, 6.07) is 9.77. The zero-order valence-electron chi connectivity index (χ0n) is 15.7. The molecule has 1 saturated heterocycles. The number of ether oxygens (including phenoxy) is 2. The normalized spacial score (nSPS) is 16.3. The Balaban J connectivity index is 1.59. The fourth-order valence-corrected chi connectivity index (χ4v) is 3.43. The van der Waals surface area contributed by atoms with Crippen LogP contribution >= 0.6 is 11.6 Å². The van der Waals surface area contributed by atoms with E-state index in [1.165, 1.54) is 17.0 Å². The number of anilines is 1. The predicted molar refractivity (Wildman–Crippen MR) is 104 cm³/mol. The molecule has 29 heavy (non-hydrogen) atoms. The summed E-state index contributed by atoms with van der Waals surface area (Å²) >= 11 is 5.84. The van der Waals surface area contributed by atoms with Crippen molar-refractivity contribution in [3.63, 3.8) is 0 Å². The van der Waals surface area contributed by atoms with Crippen molar-refractivity contribution in [1.29, 1.82) is 0 Å². The average molecular weight is 418 g/mol. The van der Waals surface area contributed by atoms with Crippen molar-refractivity contribution in [2.75, 3.05) is 25.7 Å². The topological polar surface area (TPSA) is 77.7 Å². The molecule has 9 heteroatoms. The number of amides is 1. The maximum Gasteiger partial charge on any atom is 0.258 e. The Kier molecular flexibility index (Phi) is 5.10. The van der Waals surface area contributed by atoms with Crippen LogP contribution in [0.1, 0.15) is 18.2 Å². The summed E-state index contributed by atoms with van der Waals surface area (Å²) in [5.41, 5.74) is 0.772. The van der Waals surface area contributed by atoms with Gasteiger partial charge in [-0.1, -0.05) is 22.8 Å². The first-order valence-electron chi connectivity index (χ1n) is 8.81. The van der Waals surface area contributed by atoms with Gasteiger partial charge in [0.25, 0.3) is 5.89 Å². The van der Waals surface area contributed by atoms with Crippen LogP contribution in [0.25, 0.3) is 11.5 Å². The molecule has 1 amide bonds. The van der Waals surface area contributed by atoms with Gasteiger partial charge in [-0.25, -0.2) is 4.39 Å². The lowest BCUT2D eigenvalue weighted by Crippen LogP contribution is -2.25. The van der Waals surface area contributed by atoms with Crippen LogP contribution in [0.5, 0.6) is 11.5 Å². The van der Waals surface area contributed by atoms with Gasteiger partial charge in [0.05, 0.1) is 24.9 Å². The Bertz CT molecular complexity index is 1050. The van der Waals surface area contributed by atoms with Gasteiger partial charge in [0.1, 0.15) is 11.5 Å². The zero-order chi connectivity index (χ0) is 20.5. The number of methoxy groups -OCH3 is 2. The van der Waals surface area contributed by atoms with Gasteiger partial charge < -0.3 is 18.9 Å². The van der Waals surface area contributed by atoms with E-state index >= 15 is 0 Å². The van der Waals surface area contributed by atoms with Crippen LogP contribution in [-0.4, -0.2) is 36.8 Å². The highest BCUT2D eigenvalue weighted by Crippen LogP contribution is 2.35. The average Bonchev–Trinajstić information content (AvgIpc) is 3.36. The number of carbonyl (C=O) groups excluding carboxylic acids is 1. The Morgan fingerprint density at radius 3 is 2.62 bits per heavy atom. The summed E-state index contributed by atoms with van der Waals surface area (Å²) < 4.78 is 30.2. The smallest absolute Gasteiger partial charge is 0.258 e. The van der Waals surface area contributed by atoms with E-state index < -0.39 is 5.82 Å². The lowest BCUT2D eigenvalue weighted by molar-refractivity contribution is -0.117. The van der Waals surface area contributed by atoms with Gasteiger partial charge in [0.2, 0.25) is 5.91 Å². The summed E-state index contributed by atoms with van der Waals surface area (Å²) in [5, 5.41) is 3.99. The van der Waals surface area contributed by atoms with Crippen LogP contribution in [0.4, 0.5) is 10.1 Å². The molecule has 2 heterocycles. The molecule has 1 unspecified atom stereocenters. The van der Waals surface area contributed by atoms with Crippen LogP contribution in [0.15, 0.2) is 40.9 Å². The molecule has 0 spiro atoms. The van der Waals surface area contributed by atoms with E-state index in [0.717, 1.165) is 0 Å². The van der Waals surface area contributed by atoms with Gasteiger partial charge in [-0.05, 0) is 24.3 Å². The minimum atomic E-state index is -0.625. The minimum absolute atomic E-state index is 0.0347. The highest BCUT2D eigenvalue weighted by Gasteiger charge is 2.36. The molecule has 1 aliphatic rings. The van der Waals surface area contributed by atoms with E-state index in [1.807, 2.05) is 0 Å². The summed E-state index contributed by atoms with van der Waals surface area (Å²) in [4.78, 5) is 18.2. The van der Waals surface area contributed by atoms with Crippen molar-refractivity contribution in [2.45, 2.75) is 12.3 Å². The Morgan fingerprint density at radius 2 is 1.93 bits per heavy atom. The second-order valence-electron chi connectivity index (χ2n) is 6.54. The van der Waals surface area contributed by atoms with Crippen molar-refractivity contribution in [2.24, 2.45) is 0 Å². The first kappa shape index (κ1) is 19.2. The fraction of sp³-hybridized carbons (Fsp3) is 0.250. The lowest BCUT2D eigenvalue weighted by Gasteiger charge is -2.17. The number of carbonyl (C=O) groups is 1. The van der Waals surface area contributed by atoms with Crippen molar-refractivity contribution in [3.8, 4) is 23.0 Å². The third kappa shape index (κ3) is 3.63. The standard InChI is InChI=1S/C20H17ClFN3O4/c1-27-13-6-11(7-14(9-13)28-2)20-23-19(24-29-20)12-8-17(26)25(10-12)16-5-3-4-15(21)18(16)22/h3-7,9,12H,8,10H2,1-2H3. The second kappa shape index (κ2) is 7.71. The molecule has 1 atom stereocenters. The molecular weight excluding hydrogens is 401 g/mol. The number of hydrogen-bond donors (Lipinski definition) is 0. The maximum absolute atomic E-state index is 14.3. The van der Waals surface area contributed by atoms with E-state index in [-0.39, 0.29) is 41.4 Å². The molecule has 7 nitrogen and oxygen atoms in total. The SMILES string of the molecule is COc1cc(OC)cc(-c2nc(C3CC(=O)N(c4cccc(Cl)c4F)C3)no2)c1. The Morgan fingerprint density at radius 1 is 1.21 bits per heavy atom. The monoisotopic (exact) mass is 417 g/mol. The molecule has 150 valence electrons. The van der Waals surface area contributed by atoms with Gasteiger partial charge in [0, 0.05) is 30.5 Å². The highest BCUT2D eigenvalue weighted by atomic mass is 35.5. The van der Waals surface area contributed by atoms with Crippen LogP contribution in [0.3, 0.4) is 0 Å². The summed E-state index contributed by atoms with van der Waals surface area (Å²) in [6.07, 6.45) is 0.145. The van der Waals surface area contributed by atoms with Crippen molar-refractivity contribution >= 4 is 23.2 Å². The number of halogens is 2. The molecule has 2 aromatic carbocycles. The highest BCUT2D eigenvalue weighted by molar-refractivity contribution is 6.31. The number of benzene rings is 2. The van der Waals surface area contributed by atoms with E-state index in [0.29, 0.717) is 22.9 Å². The number of nitrogens with zero attached hydrogens (tertiary/aromatic N) is 3. The van der Waals surface area contributed by atoms with Crippen LogP contribution in [0.2, 0.25) is 5.02 Å². The first-order valence-corrected chi connectivity index (χ1v) is 9.19. The summed E-state index contributed by atoms with van der Waals surface area (Å²) in [5.74, 6) is 0.629. The molecule has 1 fully saturated rings. The van der Waals surface area contributed by atoms with Crippen molar-refractivity contribution < 1.29 is 23.2 Å². The third-order valence-corrected chi connectivity index (χ3v) is 5.04. The minimum Gasteiger partial charge on any atom is -0.497 e. The van der Waals surface area contributed by atoms with E-state index in [1.54, 1.807) is 38.5 Å². The molecular formula is C20H17ClFN3O4. The molecule has 0 N–H and O–H groups in total. The predicted octanol–water partition coefficient (Wildman–Crippen LogP) is 4.07. The Labute approximate surface area is 171 Å². The van der Waals surface area contributed by atoms with E-state index in [9.17, 15) is 9.18 Å². The van der Waals surface area contributed by atoms with Gasteiger partial charge in [-0.2, -0.15) is 4.98 Å². The quantitative estimate of drug-likeness (QED) is 0.622. The molecule has 0 bridgehead atoms. The summed E-state index contributed by atoms with van der Waals surface area (Å²) in [6.45, 7) is 0.233. The van der Waals surface area contributed by atoms with E-state index in [2.05, 4.69) is 10.1 Å². The number of hydrogen-bond acceptors (Lipinski definition) is 6.